The van der Waals surface area contributed by atoms with E-state index in [1.165, 1.54) is 6.07 Å². The maximum atomic E-state index is 11.1. The fourth-order valence-electron chi connectivity index (χ4n) is 0.762. The summed E-state index contributed by atoms with van der Waals surface area (Å²) in [5.41, 5.74) is 0. The van der Waals surface area contributed by atoms with Crippen LogP contribution in [0.5, 0.6) is 0 Å². The molecular formula is C8H8Cl2O3. The maximum Gasteiger partial charge on any atom is 0.374 e. The molecule has 1 heterocycles. The Morgan fingerprint density at radius 3 is 2.77 bits per heavy atom. The molecule has 13 heavy (non-hydrogen) atoms. The summed E-state index contributed by atoms with van der Waals surface area (Å²) in [6, 6.07) is 3.15. The number of esters is 1. The Bertz CT molecular complexity index is 283. The van der Waals surface area contributed by atoms with Gasteiger partial charge in [0.25, 0.3) is 0 Å². The zero-order chi connectivity index (χ0) is 9.68. The number of hydrogen-bond donors (Lipinski definition) is 0. The van der Waals surface area contributed by atoms with Gasteiger partial charge in [0.15, 0.2) is 0 Å². The second-order valence-corrected chi connectivity index (χ2v) is 2.87. The minimum Gasteiger partial charge on any atom is -0.459 e. The van der Waals surface area contributed by atoms with Crippen molar-refractivity contribution in [3.8, 4) is 0 Å². The molecule has 0 spiro atoms. The standard InChI is InChI=1S/C8H8Cl2O3/c9-3-4-12-8(11)7-2-1-6(5-10)13-7/h1-2H,3-5H2. The molecule has 72 valence electrons. The number of ether oxygens (including phenoxy) is 1. The Labute approximate surface area is 85.6 Å². The van der Waals surface area contributed by atoms with E-state index in [0.29, 0.717) is 5.76 Å². The van der Waals surface area contributed by atoms with Crippen molar-refractivity contribution >= 4 is 29.2 Å². The molecule has 0 radical (unpaired) electrons. The van der Waals surface area contributed by atoms with Gasteiger partial charge in [0.2, 0.25) is 5.76 Å². The number of carbonyl (C=O) groups excluding carboxylic acids is 1. The van der Waals surface area contributed by atoms with Crippen molar-refractivity contribution in [3.63, 3.8) is 0 Å². The van der Waals surface area contributed by atoms with E-state index in [2.05, 4.69) is 0 Å². The third-order valence-corrected chi connectivity index (χ3v) is 1.72. The number of alkyl halides is 2. The normalized spacial score (nSPS) is 10.0. The lowest BCUT2D eigenvalue weighted by molar-refractivity contribution is 0.0491. The lowest BCUT2D eigenvalue weighted by Crippen LogP contribution is -2.05. The van der Waals surface area contributed by atoms with Gasteiger partial charge in [0.1, 0.15) is 12.4 Å². The van der Waals surface area contributed by atoms with E-state index in [1.54, 1.807) is 6.07 Å². The van der Waals surface area contributed by atoms with Crippen LogP contribution in [0.4, 0.5) is 0 Å². The average molecular weight is 223 g/mol. The zero-order valence-electron chi connectivity index (χ0n) is 6.76. The van der Waals surface area contributed by atoms with Gasteiger partial charge in [-0.15, -0.1) is 23.2 Å². The van der Waals surface area contributed by atoms with Crippen LogP contribution in [-0.4, -0.2) is 18.5 Å². The molecule has 0 saturated carbocycles. The largest absolute Gasteiger partial charge is 0.459 e. The summed E-state index contributed by atoms with van der Waals surface area (Å²) in [5, 5.41) is 0. The first-order valence-corrected chi connectivity index (χ1v) is 4.72. The second-order valence-electron chi connectivity index (χ2n) is 2.22. The third kappa shape index (κ3) is 2.94. The van der Waals surface area contributed by atoms with Crippen molar-refractivity contribution in [3.05, 3.63) is 23.7 Å². The van der Waals surface area contributed by atoms with E-state index < -0.39 is 5.97 Å². The topological polar surface area (TPSA) is 39.4 Å². The molecule has 0 amide bonds. The predicted molar refractivity (Wildman–Crippen MR) is 49.3 cm³/mol. The number of hydrogen-bond acceptors (Lipinski definition) is 3. The van der Waals surface area contributed by atoms with Gasteiger partial charge in [0, 0.05) is 0 Å². The van der Waals surface area contributed by atoms with Crippen LogP contribution < -0.4 is 0 Å². The van der Waals surface area contributed by atoms with Crippen molar-refractivity contribution < 1.29 is 13.9 Å². The van der Waals surface area contributed by atoms with Crippen molar-refractivity contribution in [2.75, 3.05) is 12.5 Å². The van der Waals surface area contributed by atoms with Gasteiger partial charge < -0.3 is 9.15 Å². The first-order chi connectivity index (χ1) is 6.27. The zero-order valence-corrected chi connectivity index (χ0v) is 8.27. The Morgan fingerprint density at radius 1 is 1.46 bits per heavy atom. The smallest absolute Gasteiger partial charge is 0.374 e. The quantitative estimate of drug-likeness (QED) is 0.581. The molecule has 0 aliphatic heterocycles. The fourth-order valence-corrected chi connectivity index (χ4v) is 0.983. The van der Waals surface area contributed by atoms with Gasteiger partial charge in [0.05, 0.1) is 11.8 Å². The lowest BCUT2D eigenvalue weighted by atomic mass is 10.4. The summed E-state index contributed by atoms with van der Waals surface area (Å²) in [5.74, 6) is 0.690. The van der Waals surface area contributed by atoms with Crippen molar-refractivity contribution in [1.29, 1.82) is 0 Å². The van der Waals surface area contributed by atoms with Crippen molar-refractivity contribution in [1.82, 2.24) is 0 Å². The fraction of sp³-hybridized carbons (Fsp3) is 0.375. The molecule has 0 aromatic carbocycles. The van der Waals surface area contributed by atoms with Crippen LogP contribution in [0.2, 0.25) is 0 Å². The van der Waals surface area contributed by atoms with Gasteiger partial charge >= 0.3 is 5.97 Å². The molecule has 0 unspecified atom stereocenters. The summed E-state index contributed by atoms with van der Waals surface area (Å²) in [7, 11) is 0. The average Bonchev–Trinajstić information content (AvgIpc) is 2.62. The first kappa shape index (κ1) is 10.4. The van der Waals surface area contributed by atoms with Crippen LogP contribution in [0, 0.1) is 0 Å². The van der Waals surface area contributed by atoms with Gasteiger partial charge in [-0.25, -0.2) is 4.79 Å². The molecule has 0 atom stereocenters. The number of rotatable bonds is 4. The SMILES string of the molecule is O=C(OCCCl)c1ccc(CCl)o1. The van der Waals surface area contributed by atoms with E-state index in [0.717, 1.165) is 0 Å². The molecule has 0 fully saturated rings. The maximum absolute atomic E-state index is 11.1. The van der Waals surface area contributed by atoms with E-state index in [9.17, 15) is 4.79 Å². The van der Waals surface area contributed by atoms with Crippen LogP contribution in [-0.2, 0) is 10.6 Å². The monoisotopic (exact) mass is 222 g/mol. The molecule has 1 aromatic rings. The minimum absolute atomic E-state index is 0.153. The Morgan fingerprint density at radius 2 is 2.23 bits per heavy atom. The van der Waals surface area contributed by atoms with Crippen molar-refractivity contribution in [2.24, 2.45) is 0 Å². The van der Waals surface area contributed by atoms with Gasteiger partial charge in [-0.3, -0.25) is 0 Å². The number of furan rings is 1. The summed E-state index contributed by atoms with van der Waals surface area (Å²) in [4.78, 5) is 11.1. The van der Waals surface area contributed by atoms with Gasteiger partial charge in [-0.05, 0) is 12.1 Å². The van der Waals surface area contributed by atoms with Crippen LogP contribution in [0.25, 0.3) is 0 Å². The molecule has 0 aliphatic rings. The number of halogens is 2. The third-order valence-electron chi connectivity index (χ3n) is 1.30. The Kier molecular flexibility index (Phi) is 4.12. The highest BCUT2D eigenvalue weighted by Gasteiger charge is 2.11. The highest BCUT2D eigenvalue weighted by molar-refractivity contribution is 6.18. The number of carbonyl (C=O) groups is 1. The summed E-state index contributed by atoms with van der Waals surface area (Å²) >= 11 is 10.8. The highest BCUT2D eigenvalue weighted by atomic mass is 35.5. The van der Waals surface area contributed by atoms with Crippen LogP contribution >= 0.6 is 23.2 Å². The Balaban J connectivity index is 2.55. The summed E-state index contributed by atoms with van der Waals surface area (Å²) in [6.45, 7) is 0.178. The minimum atomic E-state index is -0.517. The van der Waals surface area contributed by atoms with E-state index in [4.69, 9.17) is 32.4 Å². The van der Waals surface area contributed by atoms with Gasteiger partial charge in [-0.2, -0.15) is 0 Å². The molecule has 1 rings (SSSR count). The van der Waals surface area contributed by atoms with Crippen LogP contribution in [0.1, 0.15) is 16.3 Å². The predicted octanol–water partition coefficient (Wildman–Crippen LogP) is 2.41. The van der Waals surface area contributed by atoms with Gasteiger partial charge in [-0.1, -0.05) is 0 Å². The molecule has 3 nitrogen and oxygen atoms in total. The highest BCUT2D eigenvalue weighted by Crippen LogP contribution is 2.11. The molecule has 0 bridgehead atoms. The second kappa shape index (κ2) is 5.14. The lowest BCUT2D eigenvalue weighted by Gasteiger charge is -1.97. The molecule has 5 heteroatoms. The Hall–Kier alpha value is -0.670. The van der Waals surface area contributed by atoms with E-state index in [-0.39, 0.29) is 24.1 Å². The van der Waals surface area contributed by atoms with E-state index >= 15 is 0 Å². The van der Waals surface area contributed by atoms with Crippen molar-refractivity contribution in [2.45, 2.75) is 5.88 Å². The molecule has 0 saturated heterocycles. The van der Waals surface area contributed by atoms with Crippen LogP contribution in [0.3, 0.4) is 0 Å². The summed E-state index contributed by atoms with van der Waals surface area (Å²) in [6.07, 6.45) is 0. The van der Waals surface area contributed by atoms with E-state index in [1.807, 2.05) is 0 Å². The van der Waals surface area contributed by atoms with Crippen LogP contribution in [0.15, 0.2) is 16.5 Å². The molecule has 0 N–H and O–H groups in total. The summed E-state index contributed by atoms with van der Waals surface area (Å²) < 4.78 is 9.77. The molecule has 1 aromatic heterocycles. The first-order valence-electron chi connectivity index (χ1n) is 3.65. The molecular weight excluding hydrogens is 215 g/mol. The molecule has 0 aliphatic carbocycles.